The Morgan fingerprint density at radius 2 is 1.51 bits per heavy atom. The van der Waals surface area contributed by atoms with Crippen molar-refractivity contribution in [3.05, 3.63) is 125 Å². The number of carbonyl (C=O) groups excluding carboxylic acids is 2. The fourth-order valence-electron chi connectivity index (χ4n) is 4.95. The van der Waals surface area contributed by atoms with E-state index < -0.39 is 34.3 Å². The molecule has 0 aliphatic carbocycles. The Hall–Kier alpha value is -4.41. The number of ether oxygens (including phenoxy) is 1. The third kappa shape index (κ3) is 9.56. The van der Waals surface area contributed by atoms with Crippen molar-refractivity contribution in [3.63, 3.8) is 0 Å². The Kier molecular flexibility index (Phi) is 12.4. The van der Waals surface area contributed by atoms with Crippen LogP contribution in [0.1, 0.15) is 31.9 Å². The number of anilines is 1. The van der Waals surface area contributed by atoms with Crippen LogP contribution in [0.3, 0.4) is 0 Å². The van der Waals surface area contributed by atoms with Crippen LogP contribution in [0.5, 0.6) is 5.75 Å². The summed E-state index contributed by atoms with van der Waals surface area (Å²) in [4.78, 5) is 29.7. The summed E-state index contributed by atoms with van der Waals surface area (Å²) in [6.45, 7) is 5.60. The van der Waals surface area contributed by atoms with Gasteiger partial charge in [0.2, 0.25) is 11.8 Å². The van der Waals surface area contributed by atoms with Gasteiger partial charge in [-0.2, -0.15) is 0 Å². The maximum atomic E-state index is 14.6. The highest BCUT2D eigenvalue weighted by molar-refractivity contribution is 7.92. The van der Waals surface area contributed by atoms with Crippen LogP contribution in [0.15, 0.2) is 108 Å². The Bertz CT molecular complexity index is 1740. The van der Waals surface area contributed by atoms with Gasteiger partial charge in [-0.05, 0) is 72.5 Å². The van der Waals surface area contributed by atoms with Gasteiger partial charge >= 0.3 is 0 Å². The van der Waals surface area contributed by atoms with Gasteiger partial charge < -0.3 is 15.0 Å². The van der Waals surface area contributed by atoms with Gasteiger partial charge in [0.05, 0.1) is 17.2 Å². The van der Waals surface area contributed by atoms with Gasteiger partial charge in [0.25, 0.3) is 10.0 Å². The fraction of sp³-hybridized carbons (Fsp3) is 0.278. The molecule has 248 valence electrons. The van der Waals surface area contributed by atoms with Gasteiger partial charge in [0.1, 0.15) is 24.2 Å². The predicted molar refractivity (Wildman–Crippen MR) is 182 cm³/mol. The van der Waals surface area contributed by atoms with Crippen LogP contribution in [0, 0.1) is 11.7 Å². The molecular formula is C36H39ClFN3O5S. The molecule has 0 fully saturated rings. The fourth-order valence-corrected chi connectivity index (χ4v) is 6.50. The number of rotatable bonds is 15. The molecule has 0 bridgehead atoms. The minimum absolute atomic E-state index is 0.0757. The normalized spacial score (nSPS) is 12.0. The third-order valence-electron chi connectivity index (χ3n) is 7.34. The maximum Gasteiger partial charge on any atom is 0.264 e. The number of nitrogens with one attached hydrogen (secondary N) is 1. The first-order valence-electron chi connectivity index (χ1n) is 15.3. The first-order chi connectivity index (χ1) is 22.5. The number of hydrogen-bond acceptors (Lipinski definition) is 5. The molecule has 0 heterocycles. The van der Waals surface area contributed by atoms with Crippen molar-refractivity contribution in [1.82, 2.24) is 10.2 Å². The number of sulfonamides is 1. The minimum atomic E-state index is -4.35. The van der Waals surface area contributed by atoms with Gasteiger partial charge in [0, 0.05) is 24.5 Å². The van der Waals surface area contributed by atoms with Crippen molar-refractivity contribution in [2.45, 2.75) is 44.7 Å². The van der Waals surface area contributed by atoms with E-state index in [9.17, 15) is 22.4 Å². The molecule has 0 aliphatic rings. The zero-order valence-electron chi connectivity index (χ0n) is 26.6. The number of benzene rings is 4. The lowest BCUT2D eigenvalue weighted by Crippen LogP contribution is -2.53. The van der Waals surface area contributed by atoms with Crippen LogP contribution in [-0.4, -0.2) is 50.9 Å². The van der Waals surface area contributed by atoms with E-state index >= 15 is 0 Å². The summed E-state index contributed by atoms with van der Waals surface area (Å²) in [5.74, 6) is -1.07. The summed E-state index contributed by atoms with van der Waals surface area (Å²) in [6, 6.07) is 26.1. The van der Waals surface area contributed by atoms with Crippen LogP contribution in [0.2, 0.25) is 5.02 Å². The molecule has 4 aromatic rings. The number of halogens is 2. The summed E-state index contributed by atoms with van der Waals surface area (Å²) in [5.41, 5.74) is 1.53. The highest BCUT2D eigenvalue weighted by Gasteiger charge is 2.35. The van der Waals surface area contributed by atoms with Crippen LogP contribution in [-0.2, 0) is 32.6 Å². The molecule has 4 rings (SSSR count). The Morgan fingerprint density at radius 3 is 2.15 bits per heavy atom. The number of para-hydroxylation sites is 2. The minimum Gasteiger partial charge on any atom is -0.492 e. The molecule has 8 nitrogen and oxygen atoms in total. The standard InChI is InChI=1S/C36H39ClFN3O5S/c1-4-46-34-13-9-8-12-32(34)41(47(44,45)31-20-16-29(37)17-21-31)25-35(42)40(24-28-14-18-30(38)19-15-28)33(36(43)39-23-26(2)3)22-27-10-6-5-7-11-27/h5-21,26,33H,4,22-25H2,1-3H3,(H,39,43)/t33-/m0/s1. The molecule has 0 radical (unpaired) electrons. The number of amides is 2. The van der Waals surface area contributed by atoms with Gasteiger partial charge in [-0.15, -0.1) is 0 Å². The zero-order chi connectivity index (χ0) is 34.0. The predicted octanol–water partition coefficient (Wildman–Crippen LogP) is 6.49. The highest BCUT2D eigenvalue weighted by Crippen LogP contribution is 2.33. The largest absolute Gasteiger partial charge is 0.492 e. The Balaban J connectivity index is 1.83. The lowest BCUT2D eigenvalue weighted by molar-refractivity contribution is -0.140. The zero-order valence-corrected chi connectivity index (χ0v) is 28.2. The molecule has 0 unspecified atom stereocenters. The average Bonchev–Trinajstić information content (AvgIpc) is 3.06. The molecule has 47 heavy (non-hydrogen) atoms. The molecule has 11 heteroatoms. The van der Waals surface area contributed by atoms with Gasteiger partial charge in [-0.1, -0.05) is 80.0 Å². The second kappa shape index (κ2) is 16.4. The number of nitrogens with zero attached hydrogens (tertiary/aromatic N) is 2. The lowest BCUT2D eigenvalue weighted by atomic mass is 10.0. The average molecular weight is 680 g/mol. The van der Waals surface area contributed by atoms with E-state index in [1.54, 1.807) is 31.2 Å². The van der Waals surface area contributed by atoms with Crippen molar-refractivity contribution in [1.29, 1.82) is 0 Å². The van der Waals surface area contributed by atoms with Gasteiger partial charge in [0.15, 0.2) is 0 Å². The molecule has 0 saturated carbocycles. The molecule has 0 saturated heterocycles. The Labute approximate surface area is 281 Å². The van der Waals surface area contributed by atoms with Crippen LogP contribution in [0.4, 0.5) is 10.1 Å². The van der Waals surface area contributed by atoms with E-state index in [0.717, 1.165) is 9.87 Å². The molecule has 2 amide bonds. The first-order valence-corrected chi connectivity index (χ1v) is 17.2. The third-order valence-corrected chi connectivity index (χ3v) is 9.36. The first kappa shape index (κ1) is 35.4. The molecule has 0 aliphatic heterocycles. The van der Waals surface area contributed by atoms with Crippen LogP contribution in [0.25, 0.3) is 0 Å². The SMILES string of the molecule is CCOc1ccccc1N(CC(=O)N(Cc1ccc(F)cc1)[C@@H](Cc1ccccc1)C(=O)NCC(C)C)S(=O)(=O)c1ccc(Cl)cc1. The lowest BCUT2D eigenvalue weighted by Gasteiger charge is -2.34. The maximum absolute atomic E-state index is 14.6. The van der Waals surface area contributed by atoms with E-state index in [1.165, 1.54) is 53.4 Å². The molecule has 0 spiro atoms. The molecule has 1 N–H and O–H groups in total. The van der Waals surface area contributed by atoms with Gasteiger partial charge in [-0.3, -0.25) is 13.9 Å². The van der Waals surface area contributed by atoms with Gasteiger partial charge in [-0.25, -0.2) is 12.8 Å². The molecular weight excluding hydrogens is 641 g/mol. The van der Waals surface area contributed by atoms with Crippen molar-refractivity contribution >= 4 is 39.1 Å². The second-order valence-corrected chi connectivity index (χ2v) is 13.7. The van der Waals surface area contributed by atoms with Crippen molar-refractivity contribution < 1.29 is 27.1 Å². The summed E-state index contributed by atoms with van der Waals surface area (Å²) in [5, 5.41) is 3.30. The van der Waals surface area contributed by atoms with E-state index in [4.69, 9.17) is 16.3 Å². The Morgan fingerprint density at radius 1 is 0.872 bits per heavy atom. The number of carbonyl (C=O) groups is 2. The summed E-state index contributed by atoms with van der Waals surface area (Å²) >= 11 is 6.06. The quantitative estimate of drug-likeness (QED) is 0.155. The van der Waals surface area contributed by atoms with Crippen molar-refractivity contribution in [2.75, 3.05) is 24.0 Å². The summed E-state index contributed by atoms with van der Waals surface area (Å²) in [6.07, 6.45) is 0.164. The highest BCUT2D eigenvalue weighted by atomic mass is 35.5. The van der Waals surface area contributed by atoms with Crippen LogP contribution >= 0.6 is 11.6 Å². The number of hydrogen-bond donors (Lipinski definition) is 1. The summed E-state index contributed by atoms with van der Waals surface area (Å²) < 4.78 is 49.2. The molecule has 0 aromatic heterocycles. The van der Waals surface area contributed by atoms with E-state index in [0.29, 0.717) is 17.1 Å². The topological polar surface area (TPSA) is 96.0 Å². The van der Waals surface area contributed by atoms with E-state index in [1.807, 2.05) is 44.2 Å². The summed E-state index contributed by atoms with van der Waals surface area (Å²) in [7, 11) is -4.35. The molecule has 1 atom stereocenters. The van der Waals surface area contributed by atoms with E-state index in [2.05, 4.69) is 5.32 Å². The smallest absolute Gasteiger partial charge is 0.264 e. The monoisotopic (exact) mass is 679 g/mol. The van der Waals surface area contributed by atoms with Crippen molar-refractivity contribution in [2.24, 2.45) is 5.92 Å². The van der Waals surface area contributed by atoms with Crippen molar-refractivity contribution in [3.8, 4) is 5.75 Å². The molecule has 4 aromatic carbocycles. The van der Waals surface area contributed by atoms with E-state index in [-0.39, 0.29) is 47.7 Å². The van der Waals surface area contributed by atoms with Crippen LogP contribution < -0.4 is 14.4 Å². The second-order valence-electron chi connectivity index (χ2n) is 11.4.